The Labute approximate surface area is 141 Å². The van der Waals surface area contributed by atoms with Gasteiger partial charge in [0, 0.05) is 18.2 Å². The van der Waals surface area contributed by atoms with E-state index in [1.165, 1.54) is 6.26 Å². The molecule has 1 saturated heterocycles. The summed E-state index contributed by atoms with van der Waals surface area (Å²) in [5.41, 5.74) is 2.72. The van der Waals surface area contributed by atoms with Crippen molar-refractivity contribution in [3.63, 3.8) is 0 Å². The van der Waals surface area contributed by atoms with E-state index >= 15 is 0 Å². The van der Waals surface area contributed by atoms with Crippen molar-refractivity contribution in [1.82, 2.24) is 5.32 Å². The van der Waals surface area contributed by atoms with Crippen molar-refractivity contribution in [2.24, 2.45) is 0 Å². The van der Waals surface area contributed by atoms with Crippen LogP contribution in [0.25, 0.3) is 11.1 Å². The zero-order valence-corrected chi connectivity index (χ0v) is 14.0. The first-order chi connectivity index (χ1) is 11.4. The van der Waals surface area contributed by atoms with Crippen LogP contribution in [0.15, 0.2) is 53.4 Å². The predicted octanol–water partition coefficient (Wildman–Crippen LogP) is 1.70. The summed E-state index contributed by atoms with van der Waals surface area (Å²) in [7, 11) is -3.24. The van der Waals surface area contributed by atoms with E-state index in [-0.39, 0.29) is 29.5 Å². The Morgan fingerprint density at radius 2 is 1.88 bits per heavy atom. The van der Waals surface area contributed by atoms with Crippen molar-refractivity contribution >= 4 is 9.84 Å². The molecule has 0 saturated carbocycles. The van der Waals surface area contributed by atoms with E-state index in [1.807, 2.05) is 30.3 Å². The molecule has 2 aromatic carbocycles. The van der Waals surface area contributed by atoms with Gasteiger partial charge in [0.2, 0.25) is 0 Å². The van der Waals surface area contributed by atoms with Gasteiger partial charge in [-0.3, -0.25) is 5.32 Å². The molecule has 124 valence electrons. The summed E-state index contributed by atoms with van der Waals surface area (Å²) in [6, 6.07) is 16.3. The second-order valence-corrected chi connectivity index (χ2v) is 8.03. The standard InChI is InChI=1S/C18H18N2O3S/c1-24(22,23)15-4-2-3-14(9-15)12-5-7-13(8-6-12)18-16(10-19)20-17(18)11-21/h2-9,16-18,20-21H,11H2,1H3/t16-,17-,18-/m0/s1. The molecule has 1 fully saturated rings. The average molecular weight is 342 g/mol. The van der Waals surface area contributed by atoms with Crippen LogP contribution in [0.5, 0.6) is 0 Å². The maximum Gasteiger partial charge on any atom is 0.175 e. The Bertz CT molecular complexity index is 885. The van der Waals surface area contributed by atoms with Crippen molar-refractivity contribution < 1.29 is 13.5 Å². The zero-order valence-electron chi connectivity index (χ0n) is 13.2. The van der Waals surface area contributed by atoms with Gasteiger partial charge in [-0.2, -0.15) is 5.26 Å². The van der Waals surface area contributed by atoms with E-state index < -0.39 is 9.84 Å². The quantitative estimate of drug-likeness (QED) is 0.882. The first kappa shape index (κ1) is 16.7. The maximum atomic E-state index is 11.7. The molecule has 5 nitrogen and oxygen atoms in total. The number of nitriles is 1. The normalized spacial score (nSPS) is 23.3. The molecule has 6 heteroatoms. The molecule has 0 spiro atoms. The molecule has 3 rings (SSSR count). The number of sulfone groups is 1. The molecule has 1 heterocycles. The van der Waals surface area contributed by atoms with Crippen LogP contribution < -0.4 is 5.32 Å². The summed E-state index contributed by atoms with van der Waals surface area (Å²) in [6.45, 7) is -0.0129. The number of hydrogen-bond acceptors (Lipinski definition) is 5. The summed E-state index contributed by atoms with van der Waals surface area (Å²) in [4.78, 5) is 0.289. The lowest BCUT2D eigenvalue weighted by atomic mass is 9.78. The number of aliphatic hydroxyl groups excluding tert-OH is 1. The molecule has 2 aromatic rings. The van der Waals surface area contributed by atoms with E-state index in [2.05, 4.69) is 11.4 Å². The van der Waals surface area contributed by atoms with Gasteiger partial charge < -0.3 is 5.11 Å². The summed E-state index contributed by atoms with van der Waals surface area (Å²) in [5, 5.41) is 21.5. The lowest BCUT2D eigenvalue weighted by molar-refractivity contribution is 0.151. The van der Waals surface area contributed by atoms with Crippen LogP contribution in [-0.4, -0.2) is 38.5 Å². The van der Waals surface area contributed by atoms with Crippen LogP contribution >= 0.6 is 0 Å². The Morgan fingerprint density at radius 1 is 1.17 bits per heavy atom. The first-order valence-corrected chi connectivity index (χ1v) is 9.50. The topological polar surface area (TPSA) is 90.2 Å². The third kappa shape index (κ3) is 3.06. The van der Waals surface area contributed by atoms with Crippen molar-refractivity contribution in [2.45, 2.75) is 22.9 Å². The minimum Gasteiger partial charge on any atom is -0.395 e. The molecular weight excluding hydrogens is 324 g/mol. The van der Waals surface area contributed by atoms with Gasteiger partial charge in [-0.25, -0.2) is 8.42 Å². The maximum absolute atomic E-state index is 11.7. The van der Waals surface area contributed by atoms with E-state index in [0.717, 1.165) is 16.7 Å². The highest BCUT2D eigenvalue weighted by Crippen LogP contribution is 2.33. The lowest BCUT2D eigenvalue weighted by Gasteiger charge is -2.41. The third-order valence-electron chi connectivity index (χ3n) is 4.41. The highest BCUT2D eigenvalue weighted by Gasteiger charge is 2.41. The Kier molecular flexibility index (Phi) is 4.41. The highest BCUT2D eigenvalue weighted by molar-refractivity contribution is 7.90. The fraction of sp³-hybridized carbons (Fsp3) is 0.278. The van der Waals surface area contributed by atoms with E-state index in [0.29, 0.717) is 0 Å². The van der Waals surface area contributed by atoms with E-state index in [4.69, 9.17) is 5.26 Å². The molecule has 3 atom stereocenters. The van der Waals surface area contributed by atoms with Crippen molar-refractivity contribution in [3.8, 4) is 17.2 Å². The fourth-order valence-corrected chi connectivity index (χ4v) is 3.73. The Morgan fingerprint density at radius 3 is 2.46 bits per heavy atom. The molecule has 1 aliphatic rings. The number of aliphatic hydroxyl groups is 1. The average Bonchev–Trinajstić information content (AvgIpc) is 2.55. The smallest absolute Gasteiger partial charge is 0.175 e. The second kappa shape index (κ2) is 6.36. The molecule has 2 N–H and O–H groups in total. The van der Waals surface area contributed by atoms with Gasteiger partial charge >= 0.3 is 0 Å². The van der Waals surface area contributed by atoms with Gasteiger partial charge in [0.05, 0.1) is 17.6 Å². The largest absolute Gasteiger partial charge is 0.395 e. The van der Waals surface area contributed by atoms with Gasteiger partial charge in [-0.15, -0.1) is 0 Å². The highest BCUT2D eigenvalue weighted by atomic mass is 32.2. The summed E-state index contributed by atoms with van der Waals surface area (Å²) < 4.78 is 23.4. The molecule has 0 amide bonds. The van der Waals surface area contributed by atoms with Crippen LogP contribution in [0.3, 0.4) is 0 Å². The van der Waals surface area contributed by atoms with Crippen LogP contribution in [0.1, 0.15) is 11.5 Å². The van der Waals surface area contributed by atoms with Crippen LogP contribution in [0, 0.1) is 11.3 Å². The molecule has 0 unspecified atom stereocenters. The van der Waals surface area contributed by atoms with Gasteiger partial charge in [0.1, 0.15) is 6.04 Å². The SMILES string of the molecule is CS(=O)(=O)c1cccc(-c2ccc([C@H]3[C@H](C#N)N[C@H]3CO)cc2)c1. The minimum absolute atomic E-state index is 0.0129. The van der Waals surface area contributed by atoms with Crippen molar-refractivity contribution in [3.05, 3.63) is 54.1 Å². The molecular formula is C18H18N2O3S. The van der Waals surface area contributed by atoms with Crippen LogP contribution in [0.2, 0.25) is 0 Å². The summed E-state index contributed by atoms with van der Waals surface area (Å²) in [6.07, 6.45) is 1.19. The fourth-order valence-electron chi connectivity index (χ4n) is 3.06. The number of nitrogens with one attached hydrogen (secondary N) is 1. The van der Waals surface area contributed by atoms with Crippen molar-refractivity contribution in [1.29, 1.82) is 5.26 Å². The van der Waals surface area contributed by atoms with Gasteiger partial charge in [0.15, 0.2) is 9.84 Å². The zero-order chi connectivity index (χ0) is 17.3. The number of nitrogens with zero attached hydrogens (tertiary/aromatic N) is 1. The van der Waals surface area contributed by atoms with Gasteiger partial charge in [0.25, 0.3) is 0 Å². The molecule has 0 aliphatic carbocycles. The minimum atomic E-state index is -3.24. The number of hydrogen-bond donors (Lipinski definition) is 2. The predicted molar refractivity (Wildman–Crippen MR) is 91.1 cm³/mol. The number of rotatable bonds is 4. The van der Waals surface area contributed by atoms with Gasteiger partial charge in [-0.05, 0) is 28.8 Å². The Hall–Kier alpha value is -2.20. The third-order valence-corrected chi connectivity index (χ3v) is 5.52. The summed E-state index contributed by atoms with van der Waals surface area (Å²) in [5.74, 6) is -0.0311. The molecule has 0 aromatic heterocycles. The lowest BCUT2D eigenvalue weighted by Crippen LogP contribution is -2.60. The second-order valence-electron chi connectivity index (χ2n) is 6.01. The molecule has 0 bridgehead atoms. The summed E-state index contributed by atoms with van der Waals surface area (Å²) >= 11 is 0. The molecule has 24 heavy (non-hydrogen) atoms. The van der Waals surface area contributed by atoms with E-state index in [9.17, 15) is 13.5 Å². The molecule has 1 aliphatic heterocycles. The van der Waals surface area contributed by atoms with Crippen molar-refractivity contribution in [2.75, 3.05) is 12.9 Å². The first-order valence-electron chi connectivity index (χ1n) is 7.61. The number of benzene rings is 2. The van der Waals surface area contributed by atoms with Gasteiger partial charge in [-0.1, -0.05) is 36.4 Å². The monoisotopic (exact) mass is 342 g/mol. The molecule has 0 radical (unpaired) electrons. The van der Waals surface area contributed by atoms with E-state index in [1.54, 1.807) is 18.2 Å². The van der Waals surface area contributed by atoms with Crippen LogP contribution in [-0.2, 0) is 9.84 Å². The Balaban J connectivity index is 1.89. The van der Waals surface area contributed by atoms with Crippen LogP contribution in [0.4, 0.5) is 0 Å².